The maximum Gasteiger partial charge on any atom is 0.341 e. The Kier molecular flexibility index (Phi) is 6.83. The van der Waals surface area contributed by atoms with Crippen molar-refractivity contribution in [1.82, 2.24) is 15.0 Å². The lowest BCUT2D eigenvalue weighted by Gasteiger charge is -2.20. The van der Waals surface area contributed by atoms with E-state index in [4.69, 9.17) is 19.6 Å². The van der Waals surface area contributed by atoms with Gasteiger partial charge in [-0.05, 0) is 49.4 Å². The third-order valence-corrected chi connectivity index (χ3v) is 5.31. The van der Waals surface area contributed by atoms with Crippen molar-refractivity contribution >= 4 is 30.0 Å². The van der Waals surface area contributed by atoms with Crippen LogP contribution in [0.2, 0.25) is 0 Å². The number of ether oxygens (including phenoxy) is 2. The summed E-state index contributed by atoms with van der Waals surface area (Å²) in [7, 11) is 1.49. The van der Waals surface area contributed by atoms with Crippen LogP contribution in [0.1, 0.15) is 31.2 Å². The van der Waals surface area contributed by atoms with Crippen LogP contribution in [0.4, 0.5) is 17.8 Å². The predicted octanol–water partition coefficient (Wildman–Crippen LogP) is 1.99. The Morgan fingerprint density at radius 2 is 1.69 bits per heavy atom. The SMILES string of the molecule is COc1cc(/C=N/Nc2nc(N3CCCC3)nc(N3CCCC3)n2)ccc1OCC(=O)O. The molecule has 0 amide bonds. The molecule has 0 atom stereocenters. The summed E-state index contributed by atoms with van der Waals surface area (Å²) in [6, 6.07) is 5.10. The monoisotopic (exact) mass is 441 g/mol. The summed E-state index contributed by atoms with van der Waals surface area (Å²) >= 11 is 0. The fourth-order valence-corrected chi connectivity index (χ4v) is 3.71. The van der Waals surface area contributed by atoms with Gasteiger partial charge in [0.1, 0.15) is 0 Å². The van der Waals surface area contributed by atoms with Gasteiger partial charge < -0.3 is 24.4 Å². The van der Waals surface area contributed by atoms with Crippen molar-refractivity contribution in [3.05, 3.63) is 23.8 Å². The molecule has 2 fully saturated rings. The summed E-state index contributed by atoms with van der Waals surface area (Å²) in [6.07, 6.45) is 6.16. The lowest BCUT2D eigenvalue weighted by atomic mass is 10.2. The lowest BCUT2D eigenvalue weighted by Crippen LogP contribution is -2.25. The molecule has 2 aliphatic rings. The van der Waals surface area contributed by atoms with Crippen LogP contribution in [0.3, 0.4) is 0 Å². The van der Waals surface area contributed by atoms with Crippen LogP contribution < -0.4 is 24.7 Å². The largest absolute Gasteiger partial charge is 0.493 e. The lowest BCUT2D eigenvalue weighted by molar-refractivity contribution is -0.139. The van der Waals surface area contributed by atoms with E-state index in [9.17, 15) is 4.79 Å². The van der Waals surface area contributed by atoms with Gasteiger partial charge in [-0.2, -0.15) is 20.1 Å². The molecule has 0 spiro atoms. The first-order chi connectivity index (χ1) is 15.6. The second-order valence-corrected chi connectivity index (χ2v) is 7.61. The Morgan fingerprint density at radius 1 is 1.06 bits per heavy atom. The number of anilines is 3. The minimum atomic E-state index is -1.05. The van der Waals surface area contributed by atoms with Crippen molar-refractivity contribution in [2.24, 2.45) is 5.10 Å². The number of hydrogen-bond donors (Lipinski definition) is 2. The van der Waals surface area contributed by atoms with Crippen LogP contribution in [0.5, 0.6) is 11.5 Å². The van der Waals surface area contributed by atoms with Crippen molar-refractivity contribution in [1.29, 1.82) is 0 Å². The molecule has 2 aromatic rings. The number of benzene rings is 1. The van der Waals surface area contributed by atoms with Crippen LogP contribution in [0.15, 0.2) is 23.3 Å². The van der Waals surface area contributed by atoms with Gasteiger partial charge in [-0.3, -0.25) is 0 Å². The number of aromatic nitrogens is 3. The Balaban J connectivity index is 1.49. The van der Waals surface area contributed by atoms with E-state index < -0.39 is 12.6 Å². The highest BCUT2D eigenvalue weighted by molar-refractivity contribution is 5.81. The number of hydrazone groups is 1. The molecule has 2 aliphatic heterocycles. The zero-order valence-electron chi connectivity index (χ0n) is 18.0. The Labute approximate surface area is 186 Å². The number of carboxylic acids is 1. The second kappa shape index (κ2) is 10.1. The maximum absolute atomic E-state index is 10.7. The van der Waals surface area contributed by atoms with Gasteiger partial charge in [-0.25, -0.2) is 10.2 Å². The summed E-state index contributed by atoms with van der Waals surface area (Å²) in [5.41, 5.74) is 3.66. The molecule has 0 saturated carbocycles. The number of rotatable bonds is 9. The molecule has 0 bridgehead atoms. The topological polar surface area (TPSA) is 125 Å². The number of aliphatic carboxylic acids is 1. The molecule has 11 nitrogen and oxygen atoms in total. The van der Waals surface area contributed by atoms with Crippen LogP contribution in [-0.2, 0) is 4.79 Å². The minimum absolute atomic E-state index is 0.350. The number of methoxy groups -OCH3 is 1. The molecule has 2 saturated heterocycles. The van der Waals surface area contributed by atoms with E-state index >= 15 is 0 Å². The fourth-order valence-electron chi connectivity index (χ4n) is 3.71. The van der Waals surface area contributed by atoms with Crippen LogP contribution in [0, 0.1) is 0 Å². The summed E-state index contributed by atoms with van der Waals surface area (Å²) < 4.78 is 10.5. The number of hydrogen-bond acceptors (Lipinski definition) is 10. The molecule has 1 aromatic heterocycles. The third-order valence-electron chi connectivity index (χ3n) is 5.31. The van der Waals surface area contributed by atoms with Gasteiger partial charge in [0.05, 0.1) is 13.3 Å². The molecule has 4 rings (SSSR count). The van der Waals surface area contributed by atoms with Crippen molar-refractivity contribution in [2.45, 2.75) is 25.7 Å². The average Bonchev–Trinajstić information content (AvgIpc) is 3.52. The number of nitrogens with one attached hydrogen (secondary N) is 1. The molecule has 3 heterocycles. The molecule has 1 aromatic carbocycles. The van der Waals surface area contributed by atoms with Crippen LogP contribution >= 0.6 is 0 Å². The van der Waals surface area contributed by atoms with E-state index in [2.05, 4.69) is 30.3 Å². The average molecular weight is 441 g/mol. The van der Waals surface area contributed by atoms with Gasteiger partial charge in [-0.1, -0.05) is 0 Å². The highest BCUT2D eigenvalue weighted by atomic mass is 16.5. The highest BCUT2D eigenvalue weighted by Gasteiger charge is 2.21. The Bertz CT molecular complexity index is 938. The zero-order chi connectivity index (χ0) is 22.3. The van der Waals surface area contributed by atoms with Crippen LogP contribution in [-0.4, -0.2) is 72.1 Å². The summed E-state index contributed by atoms with van der Waals surface area (Å²) in [5, 5.41) is 13.0. The van der Waals surface area contributed by atoms with E-state index in [0.717, 1.165) is 57.4 Å². The molecule has 0 unspecified atom stereocenters. The van der Waals surface area contributed by atoms with Gasteiger partial charge in [0.15, 0.2) is 18.1 Å². The molecule has 2 N–H and O–H groups in total. The molecular weight excluding hydrogens is 414 g/mol. The fraction of sp³-hybridized carbons (Fsp3) is 0.476. The zero-order valence-corrected chi connectivity index (χ0v) is 18.0. The molecule has 0 aliphatic carbocycles. The second-order valence-electron chi connectivity index (χ2n) is 7.61. The Hall–Kier alpha value is -3.63. The molecular formula is C21H27N7O4. The minimum Gasteiger partial charge on any atom is -0.493 e. The molecule has 11 heteroatoms. The van der Waals surface area contributed by atoms with Crippen molar-refractivity contribution in [3.63, 3.8) is 0 Å². The van der Waals surface area contributed by atoms with Gasteiger partial charge in [0, 0.05) is 26.2 Å². The van der Waals surface area contributed by atoms with Crippen molar-refractivity contribution < 1.29 is 19.4 Å². The van der Waals surface area contributed by atoms with Crippen molar-refractivity contribution in [2.75, 3.05) is 55.1 Å². The number of carboxylic acid groups (broad SMARTS) is 1. The quantitative estimate of drug-likeness (QED) is 0.441. The predicted molar refractivity (Wildman–Crippen MR) is 120 cm³/mol. The highest BCUT2D eigenvalue weighted by Crippen LogP contribution is 2.27. The number of nitrogens with zero attached hydrogens (tertiary/aromatic N) is 6. The first-order valence-electron chi connectivity index (χ1n) is 10.7. The van der Waals surface area contributed by atoms with Gasteiger partial charge in [0.2, 0.25) is 17.8 Å². The van der Waals surface area contributed by atoms with Gasteiger partial charge in [-0.15, -0.1) is 0 Å². The maximum atomic E-state index is 10.7. The summed E-state index contributed by atoms with van der Waals surface area (Å²) in [5.74, 6) is 1.47. The summed E-state index contributed by atoms with van der Waals surface area (Å²) in [4.78, 5) is 28.9. The van der Waals surface area contributed by atoms with E-state index in [1.165, 1.54) is 7.11 Å². The van der Waals surface area contributed by atoms with Crippen LogP contribution in [0.25, 0.3) is 0 Å². The third kappa shape index (κ3) is 5.34. The van der Waals surface area contributed by atoms with E-state index in [0.29, 0.717) is 29.3 Å². The van der Waals surface area contributed by atoms with Crippen molar-refractivity contribution in [3.8, 4) is 11.5 Å². The normalized spacial score (nSPS) is 16.0. The first kappa shape index (κ1) is 21.6. The number of carbonyl (C=O) groups is 1. The van der Waals surface area contributed by atoms with E-state index in [-0.39, 0.29) is 0 Å². The Morgan fingerprint density at radius 3 is 2.25 bits per heavy atom. The molecule has 32 heavy (non-hydrogen) atoms. The molecule has 170 valence electrons. The summed E-state index contributed by atoms with van der Waals surface area (Å²) in [6.45, 7) is 3.35. The standard InChI is InChI=1S/C21H27N7O4/c1-31-17-12-15(6-7-16(17)32-14-18(29)30)13-22-26-19-23-20(27-8-2-3-9-27)25-21(24-19)28-10-4-5-11-28/h6-7,12-13H,2-5,8-11,14H2,1H3,(H,29,30)(H,23,24,25,26)/b22-13+. The van der Waals surface area contributed by atoms with Gasteiger partial charge >= 0.3 is 5.97 Å². The van der Waals surface area contributed by atoms with Gasteiger partial charge in [0.25, 0.3) is 0 Å². The van der Waals surface area contributed by atoms with E-state index in [1.54, 1.807) is 24.4 Å². The smallest absolute Gasteiger partial charge is 0.341 e. The molecule has 0 radical (unpaired) electrons. The van der Waals surface area contributed by atoms with E-state index in [1.807, 2.05) is 0 Å². The first-order valence-corrected chi connectivity index (χ1v) is 10.7.